The highest BCUT2D eigenvalue weighted by atomic mass is 127. The molecule has 2 aromatic carbocycles. The van der Waals surface area contributed by atoms with Gasteiger partial charge >= 0.3 is 0 Å². The van der Waals surface area contributed by atoms with Crippen LogP contribution >= 0.6 is 24.0 Å². The van der Waals surface area contributed by atoms with Crippen LogP contribution in [0.4, 0.5) is 0 Å². The Morgan fingerprint density at radius 2 is 1.75 bits per heavy atom. The van der Waals surface area contributed by atoms with Crippen LogP contribution in [-0.4, -0.2) is 22.1 Å². The quantitative estimate of drug-likeness (QED) is 0.299. The summed E-state index contributed by atoms with van der Waals surface area (Å²) in [4.78, 5) is 9.17. The van der Waals surface area contributed by atoms with E-state index in [1.54, 1.807) is 0 Å². The Balaban J connectivity index is 0.00000280. The van der Waals surface area contributed by atoms with E-state index in [-0.39, 0.29) is 24.0 Å². The lowest BCUT2D eigenvalue weighted by Crippen LogP contribution is -2.37. The van der Waals surface area contributed by atoms with Crippen LogP contribution < -0.4 is 10.6 Å². The van der Waals surface area contributed by atoms with Gasteiger partial charge in [-0.15, -0.1) is 24.0 Å². The molecule has 148 valence electrons. The van der Waals surface area contributed by atoms with Gasteiger partial charge in [0.2, 0.25) is 0 Å². The van der Waals surface area contributed by atoms with Gasteiger partial charge in [0.1, 0.15) is 5.82 Å². The average molecular weight is 489 g/mol. The molecule has 0 fully saturated rings. The molecule has 28 heavy (non-hydrogen) atoms. The summed E-state index contributed by atoms with van der Waals surface area (Å²) in [5.41, 5.74) is 3.72. The van der Waals surface area contributed by atoms with Crippen molar-refractivity contribution in [2.75, 3.05) is 6.54 Å². The molecule has 0 aliphatic carbocycles. The van der Waals surface area contributed by atoms with E-state index < -0.39 is 0 Å². The lowest BCUT2D eigenvalue weighted by molar-refractivity contribution is 0.688. The normalized spacial score (nSPS) is 11.0. The molecule has 0 unspecified atom stereocenters. The number of hydrogen-bond acceptors (Lipinski definition) is 2. The molecule has 0 aliphatic heterocycles. The molecule has 3 rings (SSSR count). The number of rotatable bonds is 7. The van der Waals surface area contributed by atoms with E-state index in [0.29, 0.717) is 13.1 Å². The first-order chi connectivity index (χ1) is 13.2. The molecule has 0 spiro atoms. The van der Waals surface area contributed by atoms with Crippen LogP contribution in [0, 0.1) is 6.92 Å². The van der Waals surface area contributed by atoms with Gasteiger partial charge in [-0.2, -0.15) is 0 Å². The van der Waals surface area contributed by atoms with Crippen molar-refractivity contribution in [2.45, 2.75) is 33.5 Å². The van der Waals surface area contributed by atoms with Crippen molar-refractivity contribution < 1.29 is 0 Å². The highest BCUT2D eigenvalue weighted by molar-refractivity contribution is 14.0. The van der Waals surface area contributed by atoms with Crippen molar-refractivity contribution in [3.8, 4) is 0 Å². The highest BCUT2D eigenvalue weighted by Gasteiger charge is 2.05. The van der Waals surface area contributed by atoms with Gasteiger partial charge in [0.25, 0.3) is 0 Å². The molecule has 0 amide bonds. The minimum absolute atomic E-state index is 0. The van der Waals surface area contributed by atoms with E-state index in [4.69, 9.17) is 0 Å². The molecule has 0 aliphatic rings. The van der Waals surface area contributed by atoms with Crippen LogP contribution in [0.15, 0.2) is 72.0 Å². The molecule has 1 heterocycles. The molecule has 0 radical (unpaired) electrons. The lowest BCUT2D eigenvalue weighted by atomic mass is 10.1. The van der Waals surface area contributed by atoms with E-state index in [1.165, 1.54) is 16.7 Å². The molecular weight excluding hydrogens is 461 g/mol. The van der Waals surface area contributed by atoms with Gasteiger partial charge < -0.3 is 15.2 Å². The molecule has 0 saturated carbocycles. The van der Waals surface area contributed by atoms with Crippen LogP contribution in [0.3, 0.4) is 0 Å². The summed E-state index contributed by atoms with van der Waals surface area (Å²) < 4.78 is 2.16. The number of aromatic nitrogens is 2. The fourth-order valence-electron chi connectivity index (χ4n) is 2.80. The summed E-state index contributed by atoms with van der Waals surface area (Å²) in [7, 11) is 0. The summed E-state index contributed by atoms with van der Waals surface area (Å²) >= 11 is 0. The van der Waals surface area contributed by atoms with Crippen LogP contribution in [-0.2, 0) is 19.6 Å². The molecule has 5 nitrogen and oxygen atoms in total. The summed E-state index contributed by atoms with van der Waals surface area (Å²) in [5.74, 6) is 1.78. The maximum atomic E-state index is 4.68. The Morgan fingerprint density at radius 1 is 1.00 bits per heavy atom. The fraction of sp³-hybridized carbons (Fsp3) is 0.273. The van der Waals surface area contributed by atoms with Gasteiger partial charge in [-0.05, 0) is 25.0 Å². The fourth-order valence-corrected chi connectivity index (χ4v) is 2.80. The largest absolute Gasteiger partial charge is 0.357 e. The number of aliphatic imine (C=N–C) groups is 1. The van der Waals surface area contributed by atoms with Crippen molar-refractivity contribution in [3.05, 3.63) is 89.5 Å². The lowest BCUT2D eigenvalue weighted by Gasteiger charge is -2.13. The first-order valence-corrected chi connectivity index (χ1v) is 9.36. The molecule has 6 heteroatoms. The van der Waals surface area contributed by atoms with Gasteiger partial charge in [0, 0.05) is 25.5 Å². The number of benzene rings is 2. The first kappa shape index (κ1) is 21.9. The Bertz CT molecular complexity index is 856. The van der Waals surface area contributed by atoms with Gasteiger partial charge in [0.05, 0.1) is 13.1 Å². The van der Waals surface area contributed by atoms with Crippen molar-refractivity contribution in [1.82, 2.24) is 20.2 Å². The molecule has 0 bridgehead atoms. The number of nitrogens with zero attached hydrogens (tertiary/aromatic N) is 3. The van der Waals surface area contributed by atoms with Gasteiger partial charge in [0.15, 0.2) is 5.96 Å². The van der Waals surface area contributed by atoms with E-state index in [9.17, 15) is 0 Å². The molecular formula is C22H28IN5. The van der Waals surface area contributed by atoms with Gasteiger partial charge in [-0.1, -0.05) is 60.2 Å². The molecule has 0 atom stereocenters. The van der Waals surface area contributed by atoms with Crippen molar-refractivity contribution in [1.29, 1.82) is 0 Å². The third-order valence-electron chi connectivity index (χ3n) is 4.30. The number of halogens is 1. The number of aryl methyl sites for hydroxylation is 1. The first-order valence-electron chi connectivity index (χ1n) is 9.36. The minimum atomic E-state index is 0. The minimum Gasteiger partial charge on any atom is -0.357 e. The molecule has 2 N–H and O–H groups in total. The van der Waals surface area contributed by atoms with Gasteiger partial charge in [-0.25, -0.2) is 9.98 Å². The van der Waals surface area contributed by atoms with Gasteiger partial charge in [-0.3, -0.25) is 0 Å². The van der Waals surface area contributed by atoms with Crippen molar-refractivity contribution >= 4 is 29.9 Å². The zero-order chi connectivity index (χ0) is 18.9. The maximum Gasteiger partial charge on any atom is 0.191 e. The second-order valence-electron chi connectivity index (χ2n) is 6.49. The SMILES string of the molecule is CCNC(=NCc1ccc(C)cc1)NCc1nccn1Cc1ccccc1.I. The van der Waals surface area contributed by atoms with E-state index in [0.717, 1.165) is 24.9 Å². The van der Waals surface area contributed by atoms with Crippen LogP contribution in [0.25, 0.3) is 0 Å². The van der Waals surface area contributed by atoms with Crippen LogP contribution in [0.5, 0.6) is 0 Å². The zero-order valence-corrected chi connectivity index (χ0v) is 18.8. The Hall–Kier alpha value is -2.35. The number of imidazole rings is 1. The second kappa shape index (κ2) is 11.5. The van der Waals surface area contributed by atoms with Crippen LogP contribution in [0.2, 0.25) is 0 Å². The van der Waals surface area contributed by atoms with E-state index >= 15 is 0 Å². The smallest absolute Gasteiger partial charge is 0.191 e. The summed E-state index contributed by atoms with van der Waals surface area (Å²) in [6, 6.07) is 18.9. The summed E-state index contributed by atoms with van der Waals surface area (Å²) in [5, 5.41) is 6.68. The van der Waals surface area contributed by atoms with Crippen LogP contribution in [0.1, 0.15) is 29.4 Å². The Labute approximate surface area is 184 Å². The zero-order valence-electron chi connectivity index (χ0n) is 16.4. The van der Waals surface area contributed by atoms with Crippen molar-refractivity contribution in [2.24, 2.45) is 4.99 Å². The molecule has 1 aromatic heterocycles. The summed E-state index contributed by atoms with van der Waals surface area (Å²) in [6.45, 7) is 7.07. The highest BCUT2D eigenvalue weighted by Crippen LogP contribution is 2.06. The standard InChI is InChI=1S/C22H27N5.HI/c1-3-23-22(25-15-19-11-9-18(2)10-12-19)26-16-21-24-13-14-27(21)17-20-7-5-4-6-8-20;/h4-14H,3,15-17H2,1-2H3,(H2,23,25,26);1H. The Kier molecular flexibility index (Phi) is 9.00. The molecule has 0 saturated heterocycles. The number of nitrogens with one attached hydrogen (secondary N) is 2. The Morgan fingerprint density at radius 3 is 2.46 bits per heavy atom. The molecule has 3 aromatic rings. The second-order valence-corrected chi connectivity index (χ2v) is 6.49. The predicted octanol–water partition coefficient (Wildman–Crippen LogP) is 4.11. The van der Waals surface area contributed by atoms with Crippen molar-refractivity contribution in [3.63, 3.8) is 0 Å². The van der Waals surface area contributed by atoms with E-state index in [2.05, 4.69) is 87.6 Å². The predicted molar refractivity (Wildman–Crippen MR) is 126 cm³/mol. The number of guanidine groups is 1. The summed E-state index contributed by atoms with van der Waals surface area (Å²) in [6.07, 6.45) is 3.86. The monoisotopic (exact) mass is 489 g/mol. The topological polar surface area (TPSA) is 54.2 Å². The average Bonchev–Trinajstić information content (AvgIpc) is 3.13. The number of hydrogen-bond donors (Lipinski definition) is 2. The maximum absolute atomic E-state index is 4.68. The third kappa shape index (κ3) is 6.67. The van der Waals surface area contributed by atoms with E-state index in [1.807, 2.05) is 18.5 Å². The third-order valence-corrected chi connectivity index (χ3v) is 4.30.